The number of hydrogen-bond acceptors (Lipinski definition) is 3. The smallest absolute Gasteiger partial charge is 0.325 e. The monoisotopic (exact) mass is 223 g/mol. The summed E-state index contributed by atoms with van der Waals surface area (Å²) in [6.07, 6.45) is 0. The lowest BCUT2D eigenvalue weighted by molar-refractivity contribution is -0.139. The average molecular weight is 223 g/mol. The number of likely N-dealkylation sites (N-methyl/N-ethyl adjacent to an activating group) is 1. The van der Waals surface area contributed by atoms with Crippen molar-refractivity contribution in [3.63, 3.8) is 0 Å². The Morgan fingerprint density at radius 2 is 2.06 bits per heavy atom. The Hall–Kier alpha value is -1.55. The summed E-state index contributed by atoms with van der Waals surface area (Å²) >= 11 is 0. The summed E-state index contributed by atoms with van der Waals surface area (Å²) in [6, 6.07) is 3.05. The minimum absolute atomic E-state index is 0.610. The molecule has 0 saturated heterocycles. The highest BCUT2D eigenvalue weighted by Crippen LogP contribution is 2.30. The topological polar surface area (TPSA) is 58.6 Å². The van der Waals surface area contributed by atoms with Gasteiger partial charge in [0.2, 0.25) is 0 Å². The molecule has 1 rings (SSSR count). The molecule has 4 nitrogen and oxygen atoms in total. The number of carboxylic acids is 1. The van der Waals surface area contributed by atoms with Gasteiger partial charge in [0.1, 0.15) is 11.8 Å². The highest BCUT2D eigenvalue weighted by Gasteiger charge is 2.23. The predicted molar refractivity (Wildman–Crippen MR) is 61.9 cm³/mol. The van der Waals surface area contributed by atoms with Crippen molar-refractivity contribution >= 4 is 5.97 Å². The lowest BCUT2D eigenvalue weighted by Gasteiger charge is -2.18. The Kier molecular flexibility index (Phi) is 3.90. The molecule has 0 bridgehead atoms. The van der Waals surface area contributed by atoms with Crippen LogP contribution >= 0.6 is 0 Å². The molecule has 4 heteroatoms. The first-order valence-electron chi connectivity index (χ1n) is 5.06. The molecule has 0 amide bonds. The van der Waals surface area contributed by atoms with Crippen molar-refractivity contribution in [2.45, 2.75) is 19.9 Å². The van der Waals surface area contributed by atoms with E-state index < -0.39 is 12.0 Å². The minimum atomic E-state index is -0.909. The number of benzene rings is 1. The summed E-state index contributed by atoms with van der Waals surface area (Å²) in [4.78, 5) is 11.1. The second-order valence-electron chi connectivity index (χ2n) is 3.76. The van der Waals surface area contributed by atoms with Gasteiger partial charge in [0.05, 0.1) is 7.11 Å². The van der Waals surface area contributed by atoms with E-state index in [9.17, 15) is 4.79 Å². The number of carboxylic acid groups (broad SMARTS) is 1. The first-order valence-corrected chi connectivity index (χ1v) is 5.06. The van der Waals surface area contributed by atoms with Crippen LogP contribution in [0.5, 0.6) is 5.75 Å². The van der Waals surface area contributed by atoms with Crippen LogP contribution in [0.2, 0.25) is 0 Å². The molecule has 0 aliphatic rings. The summed E-state index contributed by atoms with van der Waals surface area (Å²) in [7, 11) is 3.17. The highest BCUT2D eigenvalue weighted by atomic mass is 16.5. The van der Waals surface area contributed by atoms with Crippen molar-refractivity contribution in [1.29, 1.82) is 0 Å². The fourth-order valence-electron chi connectivity index (χ4n) is 1.87. The third kappa shape index (κ3) is 2.33. The van der Waals surface area contributed by atoms with Crippen molar-refractivity contribution in [2.75, 3.05) is 14.2 Å². The van der Waals surface area contributed by atoms with Crippen molar-refractivity contribution < 1.29 is 14.6 Å². The van der Waals surface area contributed by atoms with Gasteiger partial charge >= 0.3 is 5.97 Å². The maximum atomic E-state index is 11.1. The first kappa shape index (κ1) is 12.5. The van der Waals surface area contributed by atoms with Gasteiger partial charge in [-0.25, -0.2) is 0 Å². The fraction of sp³-hybridized carbons (Fsp3) is 0.417. The van der Waals surface area contributed by atoms with Gasteiger partial charge < -0.3 is 15.2 Å². The standard InChI is InChI=1S/C12H17NO3/c1-7-5-8(2)10(9(6-7)16-4)11(13-3)12(14)15/h5-6,11,13H,1-4H3,(H,14,15). The Morgan fingerprint density at radius 1 is 1.44 bits per heavy atom. The number of ether oxygens (including phenoxy) is 1. The van der Waals surface area contributed by atoms with E-state index in [0.29, 0.717) is 11.3 Å². The molecule has 1 aromatic carbocycles. The van der Waals surface area contributed by atoms with Crippen molar-refractivity contribution in [2.24, 2.45) is 0 Å². The number of methoxy groups -OCH3 is 1. The molecule has 0 radical (unpaired) electrons. The van der Waals surface area contributed by atoms with E-state index in [1.165, 1.54) is 0 Å². The summed E-state index contributed by atoms with van der Waals surface area (Å²) in [5.41, 5.74) is 2.65. The van der Waals surface area contributed by atoms with E-state index in [1.807, 2.05) is 26.0 Å². The number of carbonyl (C=O) groups is 1. The molecule has 0 saturated carbocycles. The zero-order valence-corrected chi connectivity index (χ0v) is 10.00. The Bertz CT molecular complexity index is 401. The van der Waals surface area contributed by atoms with Gasteiger partial charge in [0.15, 0.2) is 0 Å². The van der Waals surface area contributed by atoms with Crippen molar-refractivity contribution in [3.05, 3.63) is 28.8 Å². The Labute approximate surface area is 95.2 Å². The highest BCUT2D eigenvalue weighted by molar-refractivity contribution is 5.77. The molecule has 16 heavy (non-hydrogen) atoms. The Morgan fingerprint density at radius 3 is 2.50 bits per heavy atom. The lowest BCUT2D eigenvalue weighted by atomic mass is 9.98. The molecule has 1 aromatic rings. The molecule has 0 spiro atoms. The van der Waals surface area contributed by atoms with E-state index in [2.05, 4.69) is 5.32 Å². The van der Waals surface area contributed by atoms with Crippen LogP contribution in [0.15, 0.2) is 12.1 Å². The third-order valence-corrected chi connectivity index (χ3v) is 2.54. The maximum absolute atomic E-state index is 11.1. The lowest BCUT2D eigenvalue weighted by Crippen LogP contribution is -2.26. The van der Waals surface area contributed by atoms with Crippen LogP contribution in [-0.4, -0.2) is 25.2 Å². The van der Waals surface area contributed by atoms with Crippen LogP contribution in [-0.2, 0) is 4.79 Å². The van der Waals surface area contributed by atoms with E-state index in [4.69, 9.17) is 9.84 Å². The number of nitrogens with one attached hydrogen (secondary N) is 1. The van der Waals surface area contributed by atoms with Crippen molar-refractivity contribution in [1.82, 2.24) is 5.32 Å². The summed E-state index contributed by atoms with van der Waals surface area (Å²) < 4.78 is 5.24. The molecule has 0 aromatic heterocycles. The number of rotatable bonds is 4. The van der Waals surface area contributed by atoms with Crippen LogP contribution in [0.3, 0.4) is 0 Å². The largest absolute Gasteiger partial charge is 0.496 e. The molecule has 0 aliphatic heterocycles. The third-order valence-electron chi connectivity index (χ3n) is 2.54. The van der Waals surface area contributed by atoms with Gasteiger partial charge in [0.25, 0.3) is 0 Å². The minimum Gasteiger partial charge on any atom is -0.496 e. The van der Waals surface area contributed by atoms with Gasteiger partial charge in [-0.05, 0) is 38.1 Å². The molecular weight excluding hydrogens is 206 g/mol. The SMILES string of the molecule is CNC(C(=O)O)c1c(C)cc(C)cc1OC. The molecule has 0 fully saturated rings. The molecule has 2 N–H and O–H groups in total. The predicted octanol–water partition coefficient (Wildman–Crippen LogP) is 1.66. The summed E-state index contributed by atoms with van der Waals surface area (Å²) in [5.74, 6) is -0.299. The van der Waals surface area contributed by atoms with Gasteiger partial charge in [-0.2, -0.15) is 0 Å². The zero-order chi connectivity index (χ0) is 12.3. The van der Waals surface area contributed by atoms with Gasteiger partial charge in [-0.1, -0.05) is 6.07 Å². The molecule has 0 aliphatic carbocycles. The van der Waals surface area contributed by atoms with Crippen LogP contribution in [0.4, 0.5) is 0 Å². The van der Waals surface area contributed by atoms with E-state index in [0.717, 1.165) is 11.1 Å². The second kappa shape index (κ2) is 4.99. The van der Waals surface area contributed by atoms with Crippen LogP contribution < -0.4 is 10.1 Å². The van der Waals surface area contributed by atoms with Crippen molar-refractivity contribution in [3.8, 4) is 5.75 Å². The van der Waals surface area contributed by atoms with Crippen LogP contribution in [0, 0.1) is 13.8 Å². The van der Waals surface area contributed by atoms with Crippen LogP contribution in [0.25, 0.3) is 0 Å². The molecule has 88 valence electrons. The Balaban J connectivity index is 3.35. The van der Waals surface area contributed by atoms with Gasteiger partial charge in [-0.3, -0.25) is 4.79 Å². The number of hydrogen-bond donors (Lipinski definition) is 2. The molecular formula is C12H17NO3. The molecule has 1 unspecified atom stereocenters. The molecule has 1 atom stereocenters. The van der Waals surface area contributed by atoms with E-state index in [1.54, 1.807) is 14.2 Å². The number of aryl methyl sites for hydroxylation is 2. The second-order valence-corrected chi connectivity index (χ2v) is 3.76. The first-order chi connectivity index (χ1) is 7.51. The quantitative estimate of drug-likeness (QED) is 0.815. The van der Waals surface area contributed by atoms with E-state index in [-0.39, 0.29) is 0 Å². The average Bonchev–Trinajstić information content (AvgIpc) is 2.21. The zero-order valence-electron chi connectivity index (χ0n) is 10.00. The van der Waals surface area contributed by atoms with Crippen LogP contribution in [0.1, 0.15) is 22.7 Å². The molecule has 0 heterocycles. The summed E-state index contributed by atoms with van der Waals surface area (Å²) in [6.45, 7) is 3.84. The fourth-order valence-corrected chi connectivity index (χ4v) is 1.87. The number of aliphatic carboxylic acids is 1. The van der Waals surface area contributed by atoms with E-state index >= 15 is 0 Å². The van der Waals surface area contributed by atoms with Gasteiger partial charge in [0, 0.05) is 5.56 Å². The summed E-state index contributed by atoms with van der Waals surface area (Å²) in [5, 5.41) is 11.9. The van der Waals surface area contributed by atoms with Gasteiger partial charge in [-0.15, -0.1) is 0 Å². The maximum Gasteiger partial charge on any atom is 0.325 e. The normalized spacial score (nSPS) is 12.2.